The molecular weight excluding hydrogens is 268 g/mol. The highest BCUT2D eigenvalue weighted by molar-refractivity contribution is 5.44. The summed E-state index contributed by atoms with van der Waals surface area (Å²) in [5, 5.41) is 8.64. The van der Waals surface area contributed by atoms with Crippen molar-refractivity contribution in [1.82, 2.24) is 0 Å². The molecule has 0 heterocycles. The molecule has 0 aromatic heterocycles. The maximum Gasteiger partial charge on any atom is 0.385 e. The van der Waals surface area contributed by atoms with E-state index in [9.17, 15) is 0 Å². The lowest BCUT2D eigenvalue weighted by atomic mass is 10.0. The zero-order valence-electron chi connectivity index (χ0n) is 14.4. The molecule has 0 fully saturated rings. The number of hydrogen-bond donors (Lipinski definition) is 0. The van der Waals surface area contributed by atoms with Gasteiger partial charge in [0.25, 0.3) is 0 Å². The Kier molecular flexibility index (Phi) is 11.3. The predicted octanol–water partition coefficient (Wildman–Crippen LogP) is 7.41. The van der Waals surface area contributed by atoms with Crippen molar-refractivity contribution in [2.75, 3.05) is 0 Å². The van der Waals surface area contributed by atoms with E-state index in [2.05, 4.69) is 24.0 Å². The minimum absolute atomic E-state index is 0.637. The summed E-state index contributed by atoms with van der Waals surface area (Å²) in [6, 6.07) is 7.87. The van der Waals surface area contributed by atoms with Crippen LogP contribution in [0, 0.1) is 5.39 Å². The van der Waals surface area contributed by atoms with Gasteiger partial charge in [0.05, 0.1) is 0 Å². The Hall–Kier alpha value is -1.36. The Labute approximate surface area is 137 Å². The summed E-state index contributed by atoms with van der Waals surface area (Å²) in [4.78, 5) is 3.18. The molecule has 0 aliphatic rings. The SMILES string of the molecule is CCCCCCCCCCCCCCc1ccc([N+]#N)cc1. The van der Waals surface area contributed by atoms with Gasteiger partial charge < -0.3 is 0 Å². The molecule has 0 unspecified atom stereocenters. The second-order valence-corrected chi connectivity index (χ2v) is 6.41. The van der Waals surface area contributed by atoms with Gasteiger partial charge in [-0.1, -0.05) is 89.7 Å². The van der Waals surface area contributed by atoms with Crippen LogP contribution in [0.2, 0.25) is 0 Å². The molecule has 0 saturated carbocycles. The number of aryl methyl sites for hydroxylation is 1. The molecule has 22 heavy (non-hydrogen) atoms. The summed E-state index contributed by atoms with van der Waals surface area (Å²) in [6.07, 6.45) is 17.9. The molecule has 0 aliphatic carbocycles. The fourth-order valence-electron chi connectivity index (χ4n) is 2.90. The molecular formula is C20H33N2+. The monoisotopic (exact) mass is 301 g/mol. The van der Waals surface area contributed by atoms with E-state index < -0.39 is 0 Å². The minimum atomic E-state index is 0.637. The summed E-state index contributed by atoms with van der Waals surface area (Å²) >= 11 is 0. The average Bonchev–Trinajstić information content (AvgIpc) is 2.56. The van der Waals surface area contributed by atoms with Crippen LogP contribution >= 0.6 is 0 Å². The second kappa shape index (κ2) is 13.3. The predicted molar refractivity (Wildman–Crippen MR) is 96.0 cm³/mol. The highest BCUT2D eigenvalue weighted by Gasteiger charge is 2.02. The van der Waals surface area contributed by atoms with Gasteiger partial charge in [0, 0.05) is 12.1 Å². The maximum absolute atomic E-state index is 8.64. The van der Waals surface area contributed by atoms with Crippen LogP contribution in [-0.4, -0.2) is 0 Å². The van der Waals surface area contributed by atoms with Crippen LogP contribution in [0.4, 0.5) is 5.69 Å². The first-order valence-corrected chi connectivity index (χ1v) is 9.31. The van der Waals surface area contributed by atoms with E-state index in [1.165, 1.54) is 82.6 Å². The van der Waals surface area contributed by atoms with Gasteiger partial charge in [0.2, 0.25) is 5.39 Å². The van der Waals surface area contributed by atoms with Crippen LogP contribution in [0.1, 0.15) is 89.5 Å². The third-order valence-corrected chi connectivity index (χ3v) is 4.37. The Morgan fingerprint density at radius 3 is 1.59 bits per heavy atom. The molecule has 0 atom stereocenters. The summed E-state index contributed by atoms with van der Waals surface area (Å²) < 4.78 is 0. The summed E-state index contributed by atoms with van der Waals surface area (Å²) in [5.41, 5.74) is 1.98. The van der Waals surface area contributed by atoms with Crippen LogP contribution < -0.4 is 0 Å². The first kappa shape index (κ1) is 18.7. The Morgan fingerprint density at radius 2 is 1.14 bits per heavy atom. The van der Waals surface area contributed by atoms with Crippen molar-refractivity contribution in [1.29, 1.82) is 5.39 Å². The van der Waals surface area contributed by atoms with Gasteiger partial charge in [-0.2, -0.15) is 0 Å². The molecule has 1 rings (SSSR count). The smallest absolute Gasteiger partial charge is 0.0654 e. The molecule has 0 aliphatic heterocycles. The van der Waals surface area contributed by atoms with Crippen molar-refractivity contribution in [3.8, 4) is 0 Å². The molecule has 0 saturated heterocycles. The lowest BCUT2D eigenvalue weighted by Gasteiger charge is -2.03. The Morgan fingerprint density at radius 1 is 0.682 bits per heavy atom. The molecule has 1 aromatic carbocycles. The zero-order chi connectivity index (χ0) is 15.9. The lowest BCUT2D eigenvalue weighted by Crippen LogP contribution is -1.86. The summed E-state index contributed by atoms with van der Waals surface area (Å²) in [5.74, 6) is 0. The van der Waals surface area contributed by atoms with Crippen molar-refractivity contribution in [3.05, 3.63) is 34.8 Å². The van der Waals surface area contributed by atoms with Crippen LogP contribution in [0.25, 0.3) is 4.98 Å². The van der Waals surface area contributed by atoms with E-state index in [4.69, 9.17) is 5.39 Å². The quantitative estimate of drug-likeness (QED) is 0.275. The fourth-order valence-corrected chi connectivity index (χ4v) is 2.90. The average molecular weight is 301 g/mol. The largest absolute Gasteiger partial charge is 0.385 e. The number of rotatable bonds is 13. The van der Waals surface area contributed by atoms with E-state index in [-0.39, 0.29) is 0 Å². The van der Waals surface area contributed by atoms with Gasteiger partial charge >= 0.3 is 5.69 Å². The van der Waals surface area contributed by atoms with E-state index in [1.54, 1.807) is 0 Å². The van der Waals surface area contributed by atoms with Crippen molar-refractivity contribution in [2.45, 2.75) is 90.4 Å². The minimum Gasteiger partial charge on any atom is -0.0654 e. The number of nitrogens with zero attached hydrogens (tertiary/aromatic N) is 2. The molecule has 122 valence electrons. The normalized spacial score (nSPS) is 10.5. The van der Waals surface area contributed by atoms with E-state index in [1.807, 2.05) is 12.1 Å². The van der Waals surface area contributed by atoms with Gasteiger partial charge in [0.15, 0.2) is 4.98 Å². The number of benzene rings is 1. The Balaban J connectivity index is 1.86. The van der Waals surface area contributed by atoms with Crippen LogP contribution in [0.3, 0.4) is 0 Å². The number of diazo groups is 1. The van der Waals surface area contributed by atoms with E-state index in [0.717, 1.165) is 6.42 Å². The van der Waals surface area contributed by atoms with E-state index in [0.29, 0.717) is 5.69 Å². The van der Waals surface area contributed by atoms with Crippen molar-refractivity contribution < 1.29 is 0 Å². The number of hydrogen-bond acceptors (Lipinski definition) is 1. The zero-order valence-corrected chi connectivity index (χ0v) is 14.4. The molecule has 2 nitrogen and oxygen atoms in total. The third-order valence-electron chi connectivity index (χ3n) is 4.37. The molecule has 2 heteroatoms. The van der Waals surface area contributed by atoms with Gasteiger partial charge in [-0.15, -0.1) is 0 Å². The topological polar surface area (TPSA) is 28.1 Å². The van der Waals surface area contributed by atoms with Crippen molar-refractivity contribution in [2.24, 2.45) is 0 Å². The molecule has 0 radical (unpaired) electrons. The van der Waals surface area contributed by atoms with Crippen LogP contribution in [-0.2, 0) is 6.42 Å². The molecule has 0 bridgehead atoms. The van der Waals surface area contributed by atoms with Crippen LogP contribution in [0.5, 0.6) is 0 Å². The van der Waals surface area contributed by atoms with Gasteiger partial charge in [-0.25, -0.2) is 0 Å². The molecule has 0 N–H and O–H groups in total. The third kappa shape index (κ3) is 9.55. The second-order valence-electron chi connectivity index (χ2n) is 6.41. The Bertz CT molecular complexity index is 403. The standard InChI is InChI=1S/C20H33N2/c1-2-3-4-5-6-7-8-9-10-11-12-13-14-19-15-17-20(22-21)18-16-19/h15-18H,2-14H2,1H3/q+1. The molecule has 0 spiro atoms. The first-order valence-electron chi connectivity index (χ1n) is 9.31. The van der Waals surface area contributed by atoms with Crippen LogP contribution in [0.15, 0.2) is 24.3 Å². The highest BCUT2D eigenvalue weighted by atomic mass is 14.8. The van der Waals surface area contributed by atoms with Gasteiger partial charge in [0.1, 0.15) is 0 Å². The van der Waals surface area contributed by atoms with E-state index >= 15 is 0 Å². The fraction of sp³-hybridized carbons (Fsp3) is 0.700. The van der Waals surface area contributed by atoms with Gasteiger partial charge in [-0.05, 0) is 18.4 Å². The van der Waals surface area contributed by atoms with Gasteiger partial charge in [-0.3, -0.25) is 0 Å². The molecule has 0 amide bonds. The van der Waals surface area contributed by atoms with Crippen molar-refractivity contribution >= 4 is 5.69 Å². The molecule has 1 aromatic rings. The lowest BCUT2D eigenvalue weighted by molar-refractivity contribution is 0.544. The summed E-state index contributed by atoms with van der Waals surface area (Å²) in [6.45, 7) is 2.28. The van der Waals surface area contributed by atoms with Crippen molar-refractivity contribution in [3.63, 3.8) is 0 Å². The summed E-state index contributed by atoms with van der Waals surface area (Å²) in [7, 11) is 0. The highest BCUT2D eigenvalue weighted by Crippen LogP contribution is 2.16. The first-order chi connectivity index (χ1) is 10.9. The number of unbranched alkanes of at least 4 members (excludes halogenated alkanes) is 11. The maximum atomic E-state index is 8.64.